The fourth-order valence-electron chi connectivity index (χ4n) is 2.05. The SMILES string of the molecule is Cc1cccc(CNC(=O)c2cc(C3CC3)on2)c1. The van der Waals surface area contributed by atoms with Gasteiger partial charge in [0.05, 0.1) is 0 Å². The van der Waals surface area contributed by atoms with Crippen LogP contribution in [0.4, 0.5) is 0 Å². The first-order valence-electron chi connectivity index (χ1n) is 6.53. The molecular weight excluding hydrogens is 240 g/mol. The van der Waals surface area contributed by atoms with Gasteiger partial charge in [0.1, 0.15) is 5.76 Å². The van der Waals surface area contributed by atoms with E-state index in [1.165, 1.54) is 5.56 Å². The number of amides is 1. The third kappa shape index (κ3) is 2.84. The van der Waals surface area contributed by atoms with Crippen LogP contribution in [0.3, 0.4) is 0 Å². The molecule has 0 spiro atoms. The molecule has 98 valence electrons. The van der Waals surface area contributed by atoms with Crippen molar-refractivity contribution < 1.29 is 9.32 Å². The highest BCUT2D eigenvalue weighted by molar-refractivity contribution is 5.92. The maximum absolute atomic E-state index is 11.9. The number of hydrogen-bond acceptors (Lipinski definition) is 3. The molecule has 1 aliphatic rings. The molecule has 0 saturated heterocycles. The fourth-order valence-corrected chi connectivity index (χ4v) is 2.05. The summed E-state index contributed by atoms with van der Waals surface area (Å²) in [6, 6.07) is 9.82. The number of carbonyl (C=O) groups excluding carboxylic acids is 1. The molecule has 0 radical (unpaired) electrons. The van der Waals surface area contributed by atoms with Gasteiger partial charge in [-0.05, 0) is 25.3 Å². The molecular formula is C15H16N2O2. The summed E-state index contributed by atoms with van der Waals surface area (Å²) in [4.78, 5) is 11.9. The first-order valence-corrected chi connectivity index (χ1v) is 6.53. The van der Waals surface area contributed by atoms with Gasteiger partial charge >= 0.3 is 0 Å². The summed E-state index contributed by atoms with van der Waals surface area (Å²) >= 11 is 0. The predicted molar refractivity (Wildman–Crippen MR) is 70.8 cm³/mol. The Labute approximate surface area is 111 Å². The maximum Gasteiger partial charge on any atom is 0.273 e. The van der Waals surface area contributed by atoms with E-state index in [1.807, 2.05) is 25.1 Å². The van der Waals surface area contributed by atoms with Gasteiger partial charge in [-0.2, -0.15) is 0 Å². The Bertz CT molecular complexity index is 600. The molecule has 1 heterocycles. The summed E-state index contributed by atoms with van der Waals surface area (Å²) in [6.45, 7) is 2.54. The Hall–Kier alpha value is -2.10. The van der Waals surface area contributed by atoms with Crippen LogP contribution in [0, 0.1) is 6.92 Å². The fraction of sp³-hybridized carbons (Fsp3) is 0.333. The van der Waals surface area contributed by atoms with Crippen molar-refractivity contribution in [2.45, 2.75) is 32.2 Å². The molecule has 0 bridgehead atoms. The lowest BCUT2D eigenvalue weighted by atomic mass is 10.1. The minimum absolute atomic E-state index is 0.183. The zero-order valence-corrected chi connectivity index (χ0v) is 10.8. The van der Waals surface area contributed by atoms with Gasteiger partial charge in [0, 0.05) is 18.5 Å². The van der Waals surface area contributed by atoms with Gasteiger partial charge in [0.25, 0.3) is 5.91 Å². The number of aromatic nitrogens is 1. The Morgan fingerprint density at radius 2 is 2.26 bits per heavy atom. The lowest BCUT2D eigenvalue weighted by Crippen LogP contribution is -2.23. The summed E-state index contributed by atoms with van der Waals surface area (Å²) in [6.07, 6.45) is 2.28. The Kier molecular flexibility index (Phi) is 3.07. The van der Waals surface area contributed by atoms with Crippen LogP contribution in [-0.4, -0.2) is 11.1 Å². The van der Waals surface area contributed by atoms with Crippen LogP contribution in [-0.2, 0) is 6.54 Å². The predicted octanol–water partition coefficient (Wildman–Crippen LogP) is 2.79. The highest BCUT2D eigenvalue weighted by Crippen LogP contribution is 2.40. The molecule has 1 aromatic carbocycles. The summed E-state index contributed by atoms with van der Waals surface area (Å²) in [5.41, 5.74) is 2.64. The average Bonchev–Trinajstić information content (AvgIpc) is 3.14. The molecule has 0 aliphatic heterocycles. The van der Waals surface area contributed by atoms with E-state index < -0.39 is 0 Å². The third-order valence-electron chi connectivity index (χ3n) is 3.28. The largest absolute Gasteiger partial charge is 0.360 e. The maximum atomic E-state index is 11.9. The number of carbonyl (C=O) groups is 1. The van der Waals surface area contributed by atoms with E-state index in [1.54, 1.807) is 6.07 Å². The van der Waals surface area contributed by atoms with Gasteiger partial charge in [-0.3, -0.25) is 4.79 Å². The van der Waals surface area contributed by atoms with Crippen molar-refractivity contribution in [2.75, 3.05) is 0 Å². The molecule has 1 aromatic heterocycles. The number of nitrogens with zero attached hydrogens (tertiary/aromatic N) is 1. The van der Waals surface area contributed by atoms with Crippen LogP contribution in [0.2, 0.25) is 0 Å². The second kappa shape index (κ2) is 4.88. The van der Waals surface area contributed by atoms with E-state index >= 15 is 0 Å². The Morgan fingerprint density at radius 1 is 1.42 bits per heavy atom. The van der Waals surface area contributed by atoms with E-state index in [2.05, 4.69) is 16.5 Å². The number of benzene rings is 1. The molecule has 1 aliphatic carbocycles. The topological polar surface area (TPSA) is 55.1 Å². The molecule has 4 heteroatoms. The van der Waals surface area contributed by atoms with Crippen LogP contribution in [0.1, 0.15) is 46.1 Å². The van der Waals surface area contributed by atoms with Crippen molar-refractivity contribution in [1.82, 2.24) is 10.5 Å². The summed E-state index contributed by atoms with van der Waals surface area (Å²) in [5, 5.41) is 6.67. The van der Waals surface area contributed by atoms with Crippen LogP contribution in [0.15, 0.2) is 34.9 Å². The number of nitrogens with one attached hydrogen (secondary N) is 1. The van der Waals surface area contributed by atoms with E-state index in [0.717, 1.165) is 24.2 Å². The first kappa shape index (κ1) is 12.0. The van der Waals surface area contributed by atoms with Crippen LogP contribution >= 0.6 is 0 Å². The second-order valence-corrected chi connectivity index (χ2v) is 5.06. The molecule has 1 saturated carbocycles. The van der Waals surface area contributed by atoms with Crippen molar-refractivity contribution in [3.63, 3.8) is 0 Å². The normalized spacial score (nSPS) is 14.4. The van der Waals surface area contributed by atoms with Crippen LogP contribution in [0.5, 0.6) is 0 Å². The van der Waals surface area contributed by atoms with Crippen LogP contribution < -0.4 is 5.32 Å². The van der Waals surface area contributed by atoms with Crippen molar-refractivity contribution >= 4 is 5.91 Å². The van der Waals surface area contributed by atoms with Crippen molar-refractivity contribution in [1.29, 1.82) is 0 Å². The molecule has 4 nitrogen and oxygen atoms in total. The standard InChI is InChI=1S/C15H16N2O2/c1-10-3-2-4-11(7-10)9-16-15(18)13-8-14(19-17-13)12-5-6-12/h2-4,7-8,12H,5-6,9H2,1H3,(H,16,18). The number of rotatable bonds is 4. The summed E-state index contributed by atoms with van der Waals surface area (Å²) in [5.74, 6) is 1.13. The van der Waals surface area contributed by atoms with E-state index in [-0.39, 0.29) is 5.91 Å². The monoisotopic (exact) mass is 256 g/mol. The zero-order valence-electron chi connectivity index (χ0n) is 10.8. The third-order valence-corrected chi connectivity index (χ3v) is 3.28. The molecule has 0 atom stereocenters. The minimum Gasteiger partial charge on any atom is -0.360 e. The number of hydrogen-bond donors (Lipinski definition) is 1. The molecule has 19 heavy (non-hydrogen) atoms. The smallest absolute Gasteiger partial charge is 0.273 e. The molecule has 1 N–H and O–H groups in total. The highest BCUT2D eigenvalue weighted by atomic mass is 16.5. The molecule has 0 unspecified atom stereocenters. The summed E-state index contributed by atoms with van der Waals surface area (Å²) in [7, 11) is 0. The van der Waals surface area contributed by atoms with Crippen LogP contribution in [0.25, 0.3) is 0 Å². The average molecular weight is 256 g/mol. The van der Waals surface area contributed by atoms with Gasteiger partial charge in [-0.25, -0.2) is 0 Å². The molecule has 1 amide bonds. The van der Waals surface area contributed by atoms with Crippen molar-refractivity contribution in [3.8, 4) is 0 Å². The lowest BCUT2D eigenvalue weighted by Gasteiger charge is -2.03. The van der Waals surface area contributed by atoms with E-state index in [0.29, 0.717) is 18.2 Å². The van der Waals surface area contributed by atoms with Gasteiger partial charge in [0.15, 0.2) is 5.69 Å². The van der Waals surface area contributed by atoms with Crippen molar-refractivity contribution in [3.05, 3.63) is 52.9 Å². The van der Waals surface area contributed by atoms with Gasteiger partial charge in [0.2, 0.25) is 0 Å². The quantitative estimate of drug-likeness (QED) is 0.915. The Morgan fingerprint density at radius 3 is 3.00 bits per heavy atom. The first-order chi connectivity index (χ1) is 9.22. The minimum atomic E-state index is -0.183. The Balaban J connectivity index is 1.61. The van der Waals surface area contributed by atoms with E-state index in [9.17, 15) is 4.79 Å². The molecule has 1 fully saturated rings. The number of aryl methyl sites for hydroxylation is 1. The van der Waals surface area contributed by atoms with Gasteiger partial charge in [-0.1, -0.05) is 35.0 Å². The second-order valence-electron chi connectivity index (χ2n) is 5.06. The lowest BCUT2D eigenvalue weighted by molar-refractivity contribution is 0.0941. The van der Waals surface area contributed by atoms with E-state index in [4.69, 9.17) is 4.52 Å². The zero-order chi connectivity index (χ0) is 13.2. The van der Waals surface area contributed by atoms with Gasteiger partial charge in [-0.15, -0.1) is 0 Å². The van der Waals surface area contributed by atoms with Crippen molar-refractivity contribution in [2.24, 2.45) is 0 Å². The van der Waals surface area contributed by atoms with Gasteiger partial charge < -0.3 is 9.84 Å². The summed E-state index contributed by atoms with van der Waals surface area (Å²) < 4.78 is 5.17. The molecule has 2 aromatic rings. The highest BCUT2D eigenvalue weighted by Gasteiger charge is 2.28. The molecule has 3 rings (SSSR count).